The van der Waals surface area contributed by atoms with Crippen LogP contribution < -0.4 is 9.64 Å². The summed E-state index contributed by atoms with van der Waals surface area (Å²) in [5.74, 6) is 0.738. The Morgan fingerprint density at radius 2 is 2.04 bits per heavy atom. The van der Waals surface area contributed by atoms with E-state index in [4.69, 9.17) is 4.74 Å². The van der Waals surface area contributed by atoms with Crippen LogP contribution in [0.1, 0.15) is 5.56 Å². The maximum Gasteiger partial charge on any atom is 0.231 e. The molecule has 5 nitrogen and oxygen atoms in total. The van der Waals surface area contributed by atoms with Crippen molar-refractivity contribution in [2.24, 2.45) is 7.05 Å². The quantitative estimate of drug-likeness (QED) is 0.731. The molecule has 3 heterocycles. The molecule has 1 aliphatic rings. The molecule has 0 atom stereocenters. The number of amides is 1. The van der Waals surface area contributed by atoms with Gasteiger partial charge < -0.3 is 14.2 Å². The molecule has 2 aromatic heterocycles. The number of hydrogen-bond donors (Lipinski definition) is 0. The lowest BCUT2D eigenvalue weighted by atomic mass is 10.0. The minimum atomic E-state index is 0.140. The molecule has 0 saturated heterocycles. The van der Waals surface area contributed by atoms with Crippen LogP contribution in [0.25, 0.3) is 22.0 Å². The lowest BCUT2D eigenvalue weighted by molar-refractivity contribution is -0.117. The monoisotopic (exact) mass is 307 g/mol. The number of aromatic nitrogens is 2. The van der Waals surface area contributed by atoms with E-state index in [2.05, 4.69) is 27.9 Å². The number of fused-ring (bicyclic) bond motifs is 2. The van der Waals surface area contributed by atoms with E-state index >= 15 is 0 Å². The summed E-state index contributed by atoms with van der Waals surface area (Å²) in [6.07, 6.45) is 4.38. The molecular formula is C18H17N3O2. The summed E-state index contributed by atoms with van der Waals surface area (Å²) in [4.78, 5) is 17.9. The van der Waals surface area contributed by atoms with E-state index in [0.717, 1.165) is 33.3 Å². The van der Waals surface area contributed by atoms with Crippen molar-refractivity contribution in [1.82, 2.24) is 9.55 Å². The van der Waals surface area contributed by atoms with Crippen LogP contribution in [0.3, 0.4) is 0 Å². The molecule has 0 unspecified atom stereocenters. The largest absolute Gasteiger partial charge is 0.481 e. The van der Waals surface area contributed by atoms with Crippen molar-refractivity contribution in [3.8, 4) is 17.0 Å². The average molecular weight is 307 g/mol. The summed E-state index contributed by atoms with van der Waals surface area (Å²) in [7, 11) is 5.45. The number of likely N-dealkylation sites (N-methyl/N-ethyl adjacent to an activating group) is 1. The smallest absolute Gasteiger partial charge is 0.231 e. The van der Waals surface area contributed by atoms with Gasteiger partial charge in [-0.25, -0.2) is 4.98 Å². The third-order valence-corrected chi connectivity index (χ3v) is 4.53. The van der Waals surface area contributed by atoms with Crippen molar-refractivity contribution in [2.75, 3.05) is 19.1 Å². The maximum atomic E-state index is 11.9. The van der Waals surface area contributed by atoms with E-state index in [9.17, 15) is 4.79 Å². The minimum Gasteiger partial charge on any atom is -0.481 e. The summed E-state index contributed by atoms with van der Waals surface area (Å²) >= 11 is 0. The highest BCUT2D eigenvalue weighted by molar-refractivity contribution is 6.02. The van der Waals surface area contributed by atoms with Crippen LogP contribution in [0.4, 0.5) is 5.69 Å². The number of carbonyl (C=O) groups is 1. The Balaban J connectivity index is 1.90. The molecule has 4 rings (SSSR count). The van der Waals surface area contributed by atoms with Gasteiger partial charge in [0.1, 0.15) is 0 Å². The Hall–Kier alpha value is -2.82. The second kappa shape index (κ2) is 4.84. The second-order valence-corrected chi connectivity index (χ2v) is 5.87. The third kappa shape index (κ3) is 2.00. The molecule has 23 heavy (non-hydrogen) atoms. The average Bonchev–Trinajstić information content (AvgIpc) is 3.04. The Labute approximate surface area is 134 Å². The molecular weight excluding hydrogens is 290 g/mol. The highest BCUT2D eigenvalue weighted by atomic mass is 16.5. The van der Waals surface area contributed by atoms with E-state index in [0.29, 0.717) is 12.3 Å². The molecule has 1 aliphatic heterocycles. The zero-order valence-electron chi connectivity index (χ0n) is 13.3. The fraction of sp³-hybridized carbons (Fsp3) is 0.222. The Kier molecular flexibility index (Phi) is 2.91. The summed E-state index contributed by atoms with van der Waals surface area (Å²) in [6.45, 7) is 0. The summed E-state index contributed by atoms with van der Waals surface area (Å²) in [5, 5.41) is 1.09. The van der Waals surface area contributed by atoms with E-state index < -0.39 is 0 Å². The summed E-state index contributed by atoms with van der Waals surface area (Å²) < 4.78 is 7.31. The van der Waals surface area contributed by atoms with Crippen LogP contribution in [0.15, 0.2) is 36.7 Å². The van der Waals surface area contributed by atoms with Gasteiger partial charge in [-0.3, -0.25) is 4.79 Å². The van der Waals surface area contributed by atoms with Crippen molar-refractivity contribution in [2.45, 2.75) is 6.42 Å². The first-order chi connectivity index (χ1) is 11.1. The van der Waals surface area contributed by atoms with Crippen LogP contribution in [0, 0.1) is 0 Å². The first-order valence-corrected chi connectivity index (χ1v) is 7.47. The number of nitrogens with zero attached hydrogens (tertiary/aromatic N) is 3. The third-order valence-electron chi connectivity index (χ3n) is 4.53. The standard InChI is InChI=1S/C18H17N3O2/c1-20-10-14(13-8-17(23-3)19-9-16(13)20)11-4-5-15-12(6-11)7-18(22)21(15)2/h4-6,8-10H,7H2,1-3H3. The number of anilines is 1. The molecule has 1 aromatic carbocycles. The van der Waals surface area contributed by atoms with E-state index in [1.807, 2.05) is 32.4 Å². The molecule has 1 amide bonds. The molecule has 0 spiro atoms. The van der Waals surface area contributed by atoms with Crippen LogP contribution in [0.5, 0.6) is 5.88 Å². The lowest BCUT2D eigenvalue weighted by Gasteiger charge is -2.10. The Morgan fingerprint density at radius 3 is 2.83 bits per heavy atom. The Bertz CT molecular complexity index is 943. The van der Waals surface area contributed by atoms with Crippen LogP contribution >= 0.6 is 0 Å². The molecule has 0 aliphatic carbocycles. The predicted octanol–water partition coefficient (Wildman–Crippen LogP) is 2.77. The molecule has 0 fully saturated rings. The van der Waals surface area contributed by atoms with E-state index in [1.54, 1.807) is 12.0 Å². The Morgan fingerprint density at radius 1 is 1.22 bits per heavy atom. The van der Waals surface area contributed by atoms with Crippen molar-refractivity contribution < 1.29 is 9.53 Å². The normalized spacial score (nSPS) is 13.7. The molecule has 0 radical (unpaired) electrons. The topological polar surface area (TPSA) is 47.4 Å². The second-order valence-electron chi connectivity index (χ2n) is 5.87. The van der Waals surface area contributed by atoms with Gasteiger partial charge in [0.15, 0.2) is 0 Å². The first kappa shape index (κ1) is 13.8. The van der Waals surface area contributed by atoms with Gasteiger partial charge in [-0.2, -0.15) is 0 Å². The van der Waals surface area contributed by atoms with Crippen LogP contribution in [-0.2, 0) is 18.3 Å². The van der Waals surface area contributed by atoms with Crippen molar-refractivity contribution in [3.05, 3.63) is 42.2 Å². The van der Waals surface area contributed by atoms with Crippen molar-refractivity contribution in [1.29, 1.82) is 0 Å². The SMILES string of the molecule is COc1cc2c(-c3ccc4c(c3)CC(=O)N4C)cn(C)c2cn1. The summed E-state index contributed by atoms with van der Waals surface area (Å²) in [6, 6.07) is 8.15. The van der Waals surface area contributed by atoms with Gasteiger partial charge in [-0.1, -0.05) is 6.07 Å². The molecule has 0 N–H and O–H groups in total. The molecule has 5 heteroatoms. The fourth-order valence-electron chi connectivity index (χ4n) is 3.24. The van der Waals surface area contributed by atoms with Crippen LogP contribution in [0.2, 0.25) is 0 Å². The van der Waals surface area contributed by atoms with Gasteiger partial charge in [-0.15, -0.1) is 0 Å². The van der Waals surface area contributed by atoms with Gasteiger partial charge in [0.25, 0.3) is 0 Å². The first-order valence-electron chi connectivity index (χ1n) is 7.47. The van der Waals surface area contributed by atoms with Gasteiger partial charge in [-0.05, 0) is 23.3 Å². The maximum absolute atomic E-state index is 11.9. The number of rotatable bonds is 2. The van der Waals surface area contributed by atoms with Gasteiger partial charge in [0.2, 0.25) is 11.8 Å². The highest BCUT2D eigenvalue weighted by Crippen LogP contribution is 2.36. The zero-order chi connectivity index (χ0) is 16.1. The van der Waals surface area contributed by atoms with Crippen LogP contribution in [-0.4, -0.2) is 29.6 Å². The lowest BCUT2D eigenvalue weighted by Crippen LogP contribution is -2.20. The van der Waals surface area contributed by atoms with E-state index in [1.165, 1.54) is 0 Å². The number of benzene rings is 1. The number of ether oxygens (including phenoxy) is 1. The number of aryl methyl sites for hydroxylation is 1. The molecule has 0 bridgehead atoms. The van der Waals surface area contributed by atoms with Crippen molar-refractivity contribution >= 4 is 22.5 Å². The number of carbonyl (C=O) groups excluding carboxylic acids is 1. The van der Waals surface area contributed by atoms with Crippen molar-refractivity contribution in [3.63, 3.8) is 0 Å². The molecule has 3 aromatic rings. The summed E-state index contributed by atoms with van der Waals surface area (Å²) in [5.41, 5.74) is 5.35. The highest BCUT2D eigenvalue weighted by Gasteiger charge is 2.24. The van der Waals surface area contributed by atoms with Gasteiger partial charge in [0, 0.05) is 43.0 Å². The zero-order valence-corrected chi connectivity index (χ0v) is 13.3. The predicted molar refractivity (Wildman–Crippen MR) is 89.8 cm³/mol. The fourth-order valence-corrected chi connectivity index (χ4v) is 3.24. The molecule has 116 valence electrons. The number of hydrogen-bond acceptors (Lipinski definition) is 3. The number of pyridine rings is 1. The minimum absolute atomic E-state index is 0.140. The van der Waals surface area contributed by atoms with Gasteiger partial charge in [0.05, 0.1) is 25.2 Å². The molecule has 0 saturated carbocycles. The van der Waals surface area contributed by atoms with E-state index in [-0.39, 0.29) is 5.91 Å². The number of methoxy groups -OCH3 is 1. The van der Waals surface area contributed by atoms with Gasteiger partial charge >= 0.3 is 0 Å².